The normalized spacial score (nSPS) is 14.4. The van der Waals surface area contributed by atoms with Crippen molar-refractivity contribution < 1.29 is 8.42 Å². The number of sulfonamides is 1. The van der Waals surface area contributed by atoms with Crippen molar-refractivity contribution in [2.45, 2.75) is 40.5 Å². The van der Waals surface area contributed by atoms with E-state index in [4.69, 9.17) is 5.73 Å². The van der Waals surface area contributed by atoms with Gasteiger partial charge in [-0.3, -0.25) is 0 Å². The molecule has 6 heteroatoms. The largest absolute Gasteiger partial charge is 0.330 e. The summed E-state index contributed by atoms with van der Waals surface area (Å²) in [4.78, 5) is 0. The molecule has 2 N–H and O–H groups in total. The van der Waals surface area contributed by atoms with Gasteiger partial charge in [0.2, 0.25) is 10.0 Å². The molecule has 4 nitrogen and oxygen atoms in total. The molecule has 112 valence electrons. The van der Waals surface area contributed by atoms with Crippen LogP contribution in [-0.2, 0) is 10.0 Å². The highest BCUT2D eigenvalue weighted by Gasteiger charge is 2.26. The first-order chi connectivity index (χ1) is 7.64. The molecule has 0 spiro atoms. The molecule has 0 aliphatic heterocycles. The zero-order valence-corrected chi connectivity index (χ0v) is 13.9. The summed E-state index contributed by atoms with van der Waals surface area (Å²) in [6, 6.07) is 0. The van der Waals surface area contributed by atoms with Gasteiger partial charge in [0, 0.05) is 13.6 Å². The van der Waals surface area contributed by atoms with Gasteiger partial charge in [-0.25, -0.2) is 12.7 Å². The molecule has 18 heavy (non-hydrogen) atoms. The van der Waals surface area contributed by atoms with Crippen LogP contribution in [0.15, 0.2) is 0 Å². The van der Waals surface area contributed by atoms with Gasteiger partial charge in [-0.2, -0.15) is 0 Å². The fraction of sp³-hybridized carbons (Fsp3) is 1.00. The van der Waals surface area contributed by atoms with Crippen LogP contribution in [0.2, 0.25) is 0 Å². The summed E-state index contributed by atoms with van der Waals surface area (Å²) in [5, 5.41) is 0. The van der Waals surface area contributed by atoms with E-state index in [1.165, 1.54) is 4.31 Å². The van der Waals surface area contributed by atoms with Crippen molar-refractivity contribution in [1.82, 2.24) is 4.31 Å². The summed E-state index contributed by atoms with van der Waals surface area (Å²) in [5.74, 6) is 0.450. The SMILES string of the molecule is CCCC(C)CS(=O)(=O)N(C)CC(C)(C)CN.Cl. The maximum absolute atomic E-state index is 12.1. The van der Waals surface area contributed by atoms with Gasteiger partial charge >= 0.3 is 0 Å². The van der Waals surface area contributed by atoms with Crippen molar-refractivity contribution in [1.29, 1.82) is 0 Å². The van der Waals surface area contributed by atoms with E-state index < -0.39 is 10.0 Å². The number of nitrogens with zero attached hydrogens (tertiary/aromatic N) is 1. The van der Waals surface area contributed by atoms with Crippen LogP contribution >= 0.6 is 12.4 Å². The quantitative estimate of drug-likeness (QED) is 0.746. The molecular weight excluding hydrogens is 272 g/mol. The maximum atomic E-state index is 12.1. The minimum absolute atomic E-state index is 0. The van der Waals surface area contributed by atoms with E-state index in [9.17, 15) is 8.42 Å². The van der Waals surface area contributed by atoms with Crippen LogP contribution in [0.1, 0.15) is 40.5 Å². The molecule has 0 aliphatic rings. The van der Waals surface area contributed by atoms with E-state index >= 15 is 0 Å². The van der Waals surface area contributed by atoms with E-state index in [0.29, 0.717) is 13.1 Å². The van der Waals surface area contributed by atoms with E-state index in [-0.39, 0.29) is 29.5 Å². The lowest BCUT2D eigenvalue weighted by molar-refractivity contribution is 0.290. The van der Waals surface area contributed by atoms with E-state index in [0.717, 1.165) is 12.8 Å². The Morgan fingerprint density at radius 1 is 1.33 bits per heavy atom. The van der Waals surface area contributed by atoms with E-state index in [2.05, 4.69) is 6.92 Å². The fourth-order valence-electron chi connectivity index (χ4n) is 1.83. The molecule has 0 aromatic carbocycles. The number of hydrogen-bond acceptors (Lipinski definition) is 3. The number of rotatable bonds is 8. The van der Waals surface area contributed by atoms with Crippen molar-refractivity contribution in [2.24, 2.45) is 17.1 Å². The number of nitrogens with two attached hydrogens (primary N) is 1. The predicted octanol–water partition coefficient (Wildman–Crippen LogP) is 2.09. The lowest BCUT2D eigenvalue weighted by Gasteiger charge is -2.29. The van der Waals surface area contributed by atoms with Gasteiger partial charge in [-0.1, -0.05) is 34.1 Å². The molecule has 1 unspecified atom stereocenters. The second-order valence-corrected chi connectivity index (χ2v) is 7.92. The van der Waals surface area contributed by atoms with Crippen LogP contribution < -0.4 is 5.73 Å². The van der Waals surface area contributed by atoms with Gasteiger partial charge < -0.3 is 5.73 Å². The summed E-state index contributed by atoms with van der Waals surface area (Å²) in [6.07, 6.45) is 1.97. The fourth-order valence-corrected chi connectivity index (χ4v) is 3.52. The first-order valence-corrected chi connectivity index (χ1v) is 7.89. The van der Waals surface area contributed by atoms with E-state index in [1.807, 2.05) is 20.8 Å². The molecule has 0 amide bonds. The predicted molar refractivity (Wildman–Crippen MR) is 80.6 cm³/mol. The third kappa shape index (κ3) is 7.56. The van der Waals surface area contributed by atoms with Crippen LogP contribution in [-0.4, -0.2) is 38.6 Å². The molecule has 0 saturated carbocycles. The molecule has 0 aliphatic carbocycles. The van der Waals surface area contributed by atoms with Crippen LogP contribution in [0.3, 0.4) is 0 Å². The van der Waals surface area contributed by atoms with Gasteiger partial charge in [-0.05, 0) is 24.3 Å². The Kier molecular flexibility index (Phi) is 9.50. The Hall–Kier alpha value is 0.160. The summed E-state index contributed by atoms with van der Waals surface area (Å²) < 4.78 is 25.6. The Balaban J connectivity index is 0. The van der Waals surface area contributed by atoms with Crippen molar-refractivity contribution in [3.63, 3.8) is 0 Å². The summed E-state index contributed by atoms with van der Waals surface area (Å²) in [6.45, 7) is 8.98. The molecule has 0 radical (unpaired) electrons. The lowest BCUT2D eigenvalue weighted by Crippen LogP contribution is -2.41. The molecule has 0 heterocycles. The molecule has 0 rings (SSSR count). The van der Waals surface area contributed by atoms with Crippen molar-refractivity contribution >= 4 is 22.4 Å². The van der Waals surface area contributed by atoms with Gasteiger partial charge in [0.15, 0.2) is 0 Å². The minimum atomic E-state index is -3.15. The molecule has 0 bridgehead atoms. The first-order valence-electron chi connectivity index (χ1n) is 6.28. The monoisotopic (exact) mass is 300 g/mol. The first kappa shape index (κ1) is 20.5. The number of halogens is 1. The van der Waals surface area contributed by atoms with Crippen LogP contribution in [0, 0.1) is 11.3 Å². The molecule has 0 saturated heterocycles. The highest BCUT2D eigenvalue weighted by molar-refractivity contribution is 7.89. The second kappa shape index (κ2) is 8.35. The summed E-state index contributed by atoms with van der Waals surface area (Å²) in [7, 11) is -1.50. The van der Waals surface area contributed by atoms with Crippen molar-refractivity contribution in [2.75, 3.05) is 25.9 Å². The van der Waals surface area contributed by atoms with Crippen molar-refractivity contribution in [3.8, 4) is 0 Å². The highest BCUT2D eigenvalue weighted by Crippen LogP contribution is 2.18. The average molecular weight is 301 g/mol. The molecule has 1 atom stereocenters. The smallest absolute Gasteiger partial charge is 0.214 e. The van der Waals surface area contributed by atoms with Gasteiger partial charge in [0.05, 0.1) is 5.75 Å². The second-order valence-electron chi connectivity index (χ2n) is 5.80. The number of hydrogen-bond donors (Lipinski definition) is 1. The average Bonchev–Trinajstić information content (AvgIpc) is 2.16. The molecule has 0 aromatic rings. The standard InChI is InChI=1S/C12H28N2O2S.ClH/c1-6-7-11(2)8-17(15,16)14(5)10-12(3,4)9-13;/h11H,6-10,13H2,1-5H3;1H. The van der Waals surface area contributed by atoms with Gasteiger partial charge in [0.1, 0.15) is 0 Å². The molecule has 0 fully saturated rings. The third-order valence-corrected chi connectivity index (χ3v) is 5.02. The van der Waals surface area contributed by atoms with Gasteiger partial charge in [0.25, 0.3) is 0 Å². The topological polar surface area (TPSA) is 63.4 Å². The lowest BCUT2D eigenvalue weighted by atomic mass is 9.94. The minimum Gasteiger partial charge on any atom is -0.330 e. The third-order valence-electron chi connectivity index (χ3n) is 2.95. The maximum Gasteiger partial charge on any atom is 0.214 e. The summed E-state index contributed by atoms with van der Waals surface area (Å²) in [5.41, 5.74) is 5.45. The van der Waals surface area contributed by atoms with Crippen LogP contribution in [0.25, 0.3) is 0 Å². The zero-order valence-electron chi connectivity index (χ0n) is 12.3. The van der Waals surface area contributed by atoms with Gasteiger partial charge in [-0.15, -0.1) is 12.4 Å². The molecule has 0 aromatic heterocycles. The Morgan fingerprint density at radius 2 is 1.83 bits per heavy atom. The van der Waals surface area contributed by atoms with E-state index in [1.54, 1.807) is 7.05 Å². The Morgan fingerprint density at radius 3 is 2.22 bits per heavy atom. The highest BCUT2D eigenvalue weighted by atomic mass is 35.5. The summed E-state index contributed by atoms with van der Waals surface area (Å²) >= 11 is 0. The molecular formula is C12H29ClN2O2S. The zero-order chi connectivity index (χ0) is 13.7. The van der Waals surface area contributed by atoms with Crippen LogP contribution in [0.4, 0.5) is 0 Å². The Bertz CT molecular complexity index is 318. The van der Waals surface area contributed by atoms with Crippen LogP contribution in [0.5, 0.6) is 0 Å². The van der Waals surface area contributed by atoms with Crippen molar-refractivity contribution in [3.05, 3.63) is 0 Å². The Labute approximate surface area is 119 Å².